The summed E-state index contributed by atoms with van der Waals surface area (Å²) >= 11 is 0. The topological polar surface area (TPSA) is 119 Å². The second-order valence-corrected chi connectivity index (χ2v) is 1.94. The molecule has 0 unspecified atom stereocenters. The molecule has 1 heterocycles. The summed E-state index contributed by atoms with van der Waals surface area (Å²) in [6, 6.07) is 5.14. The lowest BCUT2D eigenvalue weighted by molar-refractivity contribution is -0.143. The zero-order valence-corrected chi connectivity index (χ0v) is 6.68. The Bertz CT molecular complexity index is 284. The lowest BCUT2D eigenvalue weighted by Gasteiger charge is -1.90. The molecule has 0 amide bonds. The second kappa shape index (κ2) is 5.53. The molecule has 0 saturated carbocycles. The van der Waals surface area contributed by atoms with E-state index in [0.717, 1.165) is 0 Å². The molecule has 0 bridgehead atoms. The van der Waals surface area contributed by atoms with E-state index in [1.54, 1.807) is 18.2 Å². The molecule has 70 valence electrons. The molecule has 0 aliphatic carbocycles. The largest absolute Gasteiger partial charge is 0.476 e. The molecule has 0 aliphatic rings. The molecule has 0 atom stereocenters. The van der Waals surface area contributed by atoms with Crippen molar-refractivity contribution in [2.75, 3.05) is 11.5 Å². The van der Waals surface area contributed by atoms with E-state index < -0.39 is 5.97 Å². The van der Waals surface area contributed by atoms with E-state index in [1.165, 1.54) is 0 Å². The summed E-state index contributed by atoms with van der Waals surface area (Å²) < 4.78 is 0. The van der Waals surface area contributed by atoms with Gasteiger partial charge in [-0.2, -0.15) is 0 Å². The Labute approximate surface area is 74.2 Å². The van der Waals surface area contributed by atoms with Crippen LogP contribution in [-0.4, -0.2) is 22.3 Å². The van der Waals surface area contributed by atoms with E-state index in [-0.39, 0.29) is 6.29 Å². The van der Waals surface area contributed by atoms with Crippen LogP contribution in [0.25, 0.3) is 0 Å². The first-order chi connectivity index (χ1) is 6.06. The molecule has 0 radical (unpaired) electrons. The Morgan fingerprint density at radius 1 is 1.38 bits per heavy atom. The van der Waals surface area contributed by atoms with E-state index in [4.69, 9.17) is 26.2 Å². The summed E-state index contributed by atoms with van der Waals surface area (Å²) in [7, 11) is 0. The highest BCUT2D eigenvalue weighted by atomic mass is 16.4. The minimum Gasteiger partial charge on any atom is -0.476 e. The molecule has 6 heteroatoms. The van der Waals surface area contributed by atoms with Gasteiger partial charge in [0.25, 0.3) is 0 Å². The van der Waals surface area contributed by atoms with Crippen LogP contribution in [0, 0.1) is 0 Å². The van der Waals surface area contributed by atoms with Gasteiger partial charge in [-0.1, -0.05) is 6.07 Å². The van der Waals surface area contributed by atoms with Crippen LogP contribution in [0.4, 0.5) is 11.6 Å². The number of rotatable bonds is 1. The zero-order chi connectivity index (χ0) is 10.3. The molecule has 5 N–H and O–H groups in total. The molecule has 6 nitrogen and oxygen atoms in total. The fraction of sp³-hybridized carbons (Fsp3) is 0. The molecule has 0 aromatic carbocycles. The highest BCUT2D eigenvalue weighted by Gasteiger charge is 1.83. The number of nitrogen functional groups attached to an aromatic ring is 2. The van der Waals surface area contributed by atoms with Crippen molar-refractivity contribution in [1.82, 2.24) is 4.98 Å². The fourth-order valence-electron chi connectivity index (χ4n) is 0.469. The Morgan fingerprint density at radius 2 is 1.77 bits per heavy atom. The number of carbonyl (C=O) groups is 2. The number of aldehydes is 1. The van der Waals surface area contributed by atoms with E-state index >= 15 is 0 Å². The smallest absolute Gasteiger partial charge is 0.368 e. The van der Waals surface area contributed by atoms with Crippen molar-refractivity contribution in [1.29, 1.82) is 0 Å². The van der Waals surface area contributed by atoms with Gasteiger partial charge in [-0.25, -0.2) is 9.78 Å². The number of pyridine rings is 1. The van der Waals surface area contributed by atoms with Gasteiger partial charge in [-0.3, -0.25) is 4.79 Å². The number of hydrogen-bond donors (Lipinski definition) is 3. The highest BCUT2D eigenvalue weighted by Crippen LogP contribution is 1.99. The van der Waals surface area contributed by atoms with E-state index in [2.05, 4.69) is 4.98 Å². The zero-order valence-electron chi connectivity index (χ0n) is 6.68. The average Bonchev–Trinajstić information content (AvgIpc) is 2.05. The Kier molecular flexibility index (Phi) is 4.63. The van der Waals surface area contributed by atoms with Crippen molar-refractivity contribution in [3.8, 4) is 0 Å². The minimum absolute atomic E-state index is 0.167. The SMILES string of the molecule is Nc1cccc(N)n1.O=CC(=O)O. The van der Waals surface area contributed by atoms with Crippen LogP contribution in [0.3, 0.4) is 0 Å². The van der Waals surface area contributed by atoms with Crippen LogP contribution in [0.15, 0.2) is 18.2 Å². The standard InChI is InChI=1S/C5H7N3.C2H2O3/c6-4-2-1-3-5(7)8-4;3-1-2(4)5/h1-3H,(H4,6,7,8);1H,(H,4,5). The lowest BCUT2D eigenvalue weighted by atomic mass is 10.4. The second-order valence-electron chi connectivity index (χ2n) is 1.94. The normalized spacial score (nSPS) is 8.00. The third kappa shape index (κ3) is 6.29. The molecule has 0 spiro atoms. The maximum absolute atomic E-state index is 9.00. The van der Waals surface area contributed by atoms with Crippen LogP contribution >= 0.6 is 0 Å². The van der Waals surface area contributed by atoms with Crippen molar-refractivity contribution < 1.29 is 14.7 Å². The first kappa shape index (κ1) is 10.9. The Balaban J connectivity index is 0.000000252. The summed E-state index contributed by atoms with van der Waals surface area (Å²) in [5, 5.41) is 7.35. The molecule has 0 aliphatic heterocycles. The number of aromatic nitrogens is 1. The van der Waals surface area contributed by atoms with Crippen molar-refractivity contribution in [2.24, 2.45) is 0 Å². The number of anilines is 2. The number of nitrogens with two attached hydrogens (primary N) is 2. The highest BCUT2D eigenvalue weighted by molar-refractivity contribution is 6.19. The van der Waals surface area contributed by atoms with Crippen LogP contribution in [-0.2, 0) is 9.59 Å². The van der Waals surface area contributed by atoms with Crippen LogP contribution in [0.2, 0.25) is 0 Å². The predicted molar refractivity (Wildman–Crippen MR) is 46.8 cm³/mol. The summed E-state index contributed by atoms with van der Waals surface area (Å²) in [5.74, 6) is -0.500. The molecule has 1 aromatic heterocycles. The van der Waals surface area contributed by atoms with Gasteiger partial charge in [0.15, 0.2) is 0 Å². The summed E-state index contributed by atoms with van der Waals surface area (Å²) in [5.41, 5.74) is 10.5. The van der Waals surface area contributed by atoms with Crippen molar-refractivity contribution in [3.05, 3.63) is 18.2 Å². The van der Waals surface area contributed by atoms with Gasteiger partial charge >= 0.3 is 5.97 Å². The van der Waals surface area contributed by atoms with E-state index in [9.17, 15) is 0 Å². The maximum atomic E-state index is 9.00. The first-order valence-corrected chi connectivity index (χ1v) is 3.22. The fourth-order valence-corrected chi connectivity index (χ4v) is 0.469. The van der Waals surface area contributed by atoms with E-state index in [1.807, 2.05) is 0 Å². The molecule has 0 fully saturated rings. The van der Waals surface area contributed by atoms with Gasteiger partial charge < -0.3 is 16.6 Å². The molecular formula is C7H9N3O3. The van der Waals surface area contributed by atoms with Crippen LogP contribution < -0.4 is 11.5 Å². The summed E-state index contributed by atoms with van der Waals surface area (Å²) in [6.45, 7) is 0. The van der Waals surface area contributed by atoms with Crippen LogP contribution in [0.1, 0.15) is 0 Å². The van der Waals surface area contributed by atoms with Gasteiger partial charge in [-0.15, -0.1) is 0 Å². The molecule has 13 heavy (non-hydrogen) atoms. The number of carboxylic acids is 1. The number of hydrogen-bond acceptors (Lipinski definition) is 5. The molecule has 1 aromatic rings. The third-order valence-corrected chi connectivity index (χ3v) is 0.893. The maximum Gasteiger partial charge on any atom is 0.368 e. The van der Waals surface area contributed by atoms with Crippen molar-refractivity contribution in [3.63, 3.8) is 0 Å². The molecular weight excluding hydrogens is 174 g/mol. The van der Waals surface area contributed by atoms with Gasteiger partial charge in [-0.05, 0) is 12.1 Å². The van der Waals surface area contributed by atoms with Gasteiger partial charge in [0.1, 0.15) is 11.6 Å². The number of carboxylic acid groups (broad SMARTS) is 1. The third-order valence-electron chi connectivity index (χ3n) is 0.893. The number of nitrogens with zero attached hydrogens (tertiary/aromatic N) is 1. The quantitative estimate of drug-likeness (QED) is 0.399. The first-order valence-electron chi connectivity index (χ1n) is 3.22. The summed E-state index contributed by atoms with van der Waals surface area (Å²) in [6.07, 6.45) is -0.167. The predicted octanol–water partition coefficient (Wildman–Crippen LogP) is -0.484. The van der Waals surface area contributed by atoms with Crippen LogP contribution in [0.5, 0.6) is 0 Å². The minimum atomic E-state index is -1.43. The molecule has 1 rings (SSSR count). The van der Waals surface area contributed by atoms with Crippen molar-refractivity contribution in [2.45, 2.75) is 0 Å². The molecule has 0 saturated heterocycles. The summed E-state index contributed by atoms with van der Waals surface area (Å²) in [4.78, 5) is 21.6. The Morgan fingerprint density at radius 3 is 1.92 bits per heavy atom. The van der Waals surface area contributed by atoms with Crippen molar-refractivity contribution >= 4 is 23.9 Å². The number of carbonyl (C=O) groups excluding carboxylic acids is 1. The van der Waals surface area contributed by atoms with Gasteiger partial charge in [0.2, 0.25) is 6.29 Å². The lowest BCUT2D eigenvalue weighted by Crippen LogP contribution is -1.93. The average molecular weight is 183 g/mol. The van der Waals surface area contributed by atoms with E-state index in [0.29, 0.717) is 11.6 Å². The van der Waals surface area contributed by atoms with Gasteiger partial charge in [0.05, 0.1) is 0 Å². The van der Waals surface area contributed by atoms with Gasteiger partial charge in [0, 0.05) is 0 Å². The number of aliphatic carboxylic acids is 1. The Hall–Kier alpha value is -2.11. The monoisotopic (exact) mass is 183 g/mol.